The van der Waals surface area contributed by atoms with E-state index in [1.807, 2.05) is 0 Å². The summed E-state index contributed by atoms with van der Waals surface area (Å²) in [6.07, 6.45) is 3.31. The van der Waals surface area contributed by atoms with E-state index in [2.05, 4.69) is 11.9 Å². The maximum absolute atomic E-state index is 12.9. The number of carbonyl (C=O) groups excluding carboxylic acids is 1. The van der Waals surface area contributed by atoms with Crippen molar-refractivity contribution in [1.82, 2.24) is 4.98 Å². The van der Waals surface area contributed by atoms with Gasteiger partial charge in [0, 0.05) is 24.5 Å². The number of primary amides is 1. The number of halogens is 1. The van der Waals surface area contributed by atoms with Crippen molar-refractivity contribution in [3.63, 3.8) is 0 Å². The average Bonchev–Trinajstić information content (AvgIpc) is 2.23. The van der Waals surface area contributed by atoms with Crippen molar-refractivity contribution in [1.29, 1.82) is 0 Å². The van der Waals surface area contributed by atoms with Crippen LogP contribution < -0.4 is 10.6 Å². The molecule has 2 N–H and O–H groups in total. The fourth-order valence-electron chi connectivity index (χ4n) is 1.43. The number of anilines is 1. The molecule has 1 aromatic rings. The van der Waals surface area contributed by atoms with Gasteiger partial charge in [-0.3, -0.25) is 4.79 Å². The summed E-state index contributed by atoms with van der Waals surface area (Å²) >= 11 is 0. The Labute approximate surface area is 94.3 Å². The molecule has 0 aromatic carbocycles. The van der Waals surface area contributed by atoms with Gasteiger partial charge in [0.25, 0.3) is 0 Å². The summed E-state index contributed by atoms with van der Waals surface area (Å²) in [5, 5.41) is 0. The van der Waals surface area contributed by atoms with E-state index >= 15 is 0 Å². The molecule has 16 heavy (non-hydrogen) atoms. The smallest absolute Gasteiger partial charge is 0.236 e. The number of carbonyl (C=O) groups is 1. The van der Waals surface area contributed by atoms with Crippen LogP contribution in [-0.4, -0.2) is 24.0 Å². The van der Waals surface area contributed by atoms with Gasteiger partial charge in [-0.25, -0.2) is 4.98 Å². The van der Waals surface area contributed by atoms with Crippen molar-refractivity contribution < 1.29 is 9.18 Å². The molecule has 0 aliphatic rings. The van der Waals surface area contributed by atoms with Gasteiger partial charge in [-0.1, -0.05) is 13.3 Å². The van der Waals surface area contributed by atoms with E-state index in [0.29, 0.717) is 12.2 Å². The summed E-state index contributed by atoms with van der Waals surface area (Å²) in [5.74, 6) is -0.975. The molecule has 1 heterocycles. The topological polar surface area (TPSA) is 59.2 Å². The predicted molar refractivity (Wildman–Crippen MR) is 60.5 cm³/mol. The second kappa shape index (κ2) is 6.05. The Hall–Kier alpha value is -1.65. The molecule has 0 atom stereocenters. The highest BCUT2D eigenvalue weighted by Gasteiger charge is 2.09. The maximum atomic E-state index is 12.9. The third-order valence-electron chi connectivity index (χ3n) is 2.20. The van der Waals surface area contributed by atoms with E-state index < -0.39 is 11.9 Å². The Balaban J connectivity index is 2.78. The molecular formula is C11H16FN3O. The van der Waals surface area contributed by atoms with Crippen LogP contribution in [0.5, 0.6) is 0 Å². The summed E-state index contributed by atoms with van der Waals surface area (Å²) < 4.78 is 12.9. The zero-order valence-electron chi connectivity index (χ0n) is 9.32. The molecule has 0 aliphatic carbocycles. The van der Waals surface area contributed by atoms with Crippen LogP contribution in [0.2, 0.25) is 0 Å². The number of pyridine rings is 1. The van der Waals surface area contributed by atoms with E-state index in [4.69, 9.17) is 5.73 Å². The minimum atomic E-state index is -0.552. The highest BCUT2D eigenvalue weighted by molar-refractivity contribution is 5.79. The van der Waals surface area contributed by atoms with Gasteiger partial charge in [0.15, 0.2) is 0 Å². The summed E-state index contributed by atoms with van der Waals surface area (Å²) in [6.45, 7) is 2.84. The number of unbranched alkanes of at least 4 members (excludes halogenated alkanes) is 1. The van der Waals surface area contributed by atoms with Gasteiger partial charge in [0.2, 0.25) is 11.9 Å². The molecule has 0 aliphatic heterocycles. The Bertz CT molecular complexity index is 357. The quantitative estimate of drug-likeness (QED) is 0.743. The van der Waals surface area contributed by atoms with E-state index in [0.717, 1.165) is 12.8 Å². The number of rotatable bonds is 6. The second-order valence-electron chi connectivity index (χ2n) is 3.58. The van der Waals surface area contributed by atoms with E-state index in [9.17, 15) is 9.18 Å². The first-order chi connectivity index (χ1) is 7.63. The van der Waals surface area contributed by atoms with Gasteiger partial charge >= 0.3 is 0 Å². The summed E-state index contributed by atoms with van der Waals surface area (Å²) in [4.78, 5) is 16.1. The van der Waals surface area contributed by atoms with Crippen LogP contribution in [0.15, 0.2) is 18.3 Å². The molecule has 88 valence electrons. The fraction of sp³-hybridized carbons (Fsp3) is 0.455. The Morgan fingerprint density at radius 1 is 1.62 bits per heavy atom. The van der Waals surface area contributed by atoms with Crippen LogP contribution in [0.1, 0.15) is 19.8 Å². The highest BCUT2D eigenvalue weighted by atomic mass is 19.1. The monoisotopic (exact) mass is 225 g/mol. The number of amides is 1. The van der Waals surface area contributed by atoms with Gasteiger partial charge in [0.05, 0.1) is 6.54 Å². The van der Waals surface area contributed by atoms with Gasteiger partial charge in [-0.05, 0) is 12.5 Å². The minimum absolute atomic E-state index is 0.101. The number of hydrogen-bond donors (Lipinski definition) is 1. The third-order valence-corrected chi connectivity index (χ3v) is 2.20. The van der Waals surface area contributed by atoms with E-state index in [-0.39, 0.29) is 6.54 Å². The molecule has 1 amide bonds. The molecule has 0 fully saturated rings. The van der Waals surface area contributed by atoms with Crippen molar-refractivity contribution in [2.45, 2.75) is 19.8 Å². The summed E-state index contributed by atoms with van der Waals surface area (Å²) in [6, 6.07) is 2.97. The molecular weight excluding hydrogens is 209 g/mol. The van der Waals surface area contributed by atoms with Gasteiger partial charge in [-0.15, -0.1) is 0 Å². The Kier molecular flexibility index (Phi) is 4.69. The first kappa shape index (κ1) is 12.4. The molecule has 1 aromatic heterocycles. The fourth-order valence-corrected chi connectivity index (χ4v) is 1.43. The van der Waals surface area contributed by atoms with Crippen molar-refractivity contribution in [2.24, 2.45) is 5.73 Å². The lowest BCUT2D eigenvalue weighted by molar-refractivity contribution is -0.116. The van der Waals surface area contributed by atoms with Crippen LogP contribution in [-0.2, 0) is 4.79 Å². The normalized spacial score (nSPS) is 10.1. The van der Waals surface area contributed by atoms with Crippen molar-refractivity contribution in [3.05, 3.63) is 24.3 Å². The number of nitrogens with two attached hydrogens (primary N) is 1. The second-order valence-corrected chi connectivity index (χ2v) is 3.58. The molecule has 1 rings (SSSR count). The highest BCUT2D eigenvalue weighted by Crippen LogP contribution is 2.14. The van der Waals surface area contributed by atoms with Crippen molar-refractivity contribution in [3.8, 4) is 0 Å². The molecule has 0 saturated carbocycles. The summed E-state index contributed by atoms with van der Waals surface area (Å²) in [5.41, 5.74) is 5.79. The van der Waals surface area contributed by atoms with Crippen LogP contribution >= 0.6 is 0 Å². The van der Waals surface area contributed by atoms with Crippen LogP contribution in [0.25, 0.3) is 0 Å². The lowest BCUT2D eigenvalue weighted by atomic mass is 10.2. The van der Waals surface area contributed by atoms with E-state index in [1.165, 1.54) is 12.3 Å². The van der Waals surface area contributed by atoms with Crippen LogP contribution in [0.4, 0.5) is 10.1 Å². The lowest BCUT2D eigenvalue weighted by Crippen LogP contribution is -2.34. The Morgan fingerprint density at radius 3 is 2.94 bits per heavy atom. The molecule has 0 bridgehead atoms. The maximum Gasteiger partial charge on any atom is 0.236 e. The molecule has 0 radical (unpaired) electrons. The molecule has 0 unspecified atom stereocenters. The Morgan fingerprint density at radius 2 is 2.38 bits per heavy atom. The third kappa shape index (κ3) is 3.84. The molecule has 0 spiro atoms. The summed E-state index contributed by atoms with van der Waals surface area (Å²) in [7, 11) is 0. The van der Waals surface area contributed by atoms with E-state index in [1.54, 1.807) is 11.0 Å². The predicted octanol–water partition coefficient (Wildman–Crippen LogP) is 1.31. The van der Waals surface area contributed by atoms with Crippen molar-refractivity contribution in [2.75, 3.05) is 18.0 Å². The zero-order chi connectivity index (χ0) is 12.0. The average molecular weight is 225 g/mol. The van der Waals surface area contributed by atoms with Gasteiger partial charge < -0.3 is 10.6 Å². The van der Waals surface area contributed by atoms with Crippen molar-refractivity contribution >= 4 is 11.6 Å². The largest absolute Gasteiger partial charge is 0.368 e. The number of aromatic nitrogens is 1. The molecule has 4 nitrogen and oxygen atoms in total. The zero-order valence-corrected chi connectivity index (χ0v) is 9.32. The minimum Gasteiger partial charge on any atom is -0.368 e. The van der Waals surface area contributed by atoms with Crippen LogP contribution in [0, 0.1) is 5.95 Å². The number of hydrogen-bond acceptors (Lipinski definition) is 3. The first-order valence-electron chi connectivity index (χ1n) is 5.28. The number of nitrogens with zero attached hydrogens (tertiary/aromatic N) is 2. The van der Waals surface area contributed by atoms with Gasteiger partial charge in [-0.2, -0.15) is 4.39 Å². The standard InChI is InChI=1S/C11H16FN3O/c1-2-3-6-15(8-11(13)16)9-4-5-14-10(12)7-9/h4-5,7H,2-3,6,8H2,1H3,(H2,13,16). The molecule has 5 heteroatoms. The van der Waals surface area contributed by atoms with Gasteiger partial charge in [0.1, 0.15) is 0 Å². The SMILES string of the molecule is CCCCN(CC(N)=O)c1ccnc(F)c1. The molecule has 0 saturated heterocycles. The first-order valence-corrected chi connectivity index (χ1v) is 5.28. The lowest BCUT2D eigenvalue weighted by Gasteiger charge is -2.22. The van der Waals surface area contributed by atoms with Crippen LogP contribution in [0.3, 0.4) is 0 Å².